The van der Waals surface area contributed by atoms with Crippen molar-refractivity contribution in [2.24, 2.45) is 0 Å². The zero-order chi connectivity index (χ0) is 15.6. The van der Waals surface area contributed by atoms with E-state index in [1.807, 2.05) is 0 Å². The second-order valence-electron chi connectivity index (χ2n) is 4.48. The lowest BCUT2D eigenvalue weighted by molar-refractivity contribution is -0.259. The van der Waals surface area contributed by atoms with Crippen LogP contribution in [-0.4, -0.2) is 23.9 Å². The van der Waals surface area contributed by atoms with Crippen LogP contribution < -0.4 is 0 Å². The van der Waals surface area contributed by atoms with E-state index in [-0.39, 0.29) is 29.7 Å². The molecule has 0 aromatic heterocycles. The summed E-state index contributed by atoms with van der Waals surface area (Å²) in [5, 5.41) is 9.79. The first-order valence-corrected chi connectivity index (χ1v) is 6.25. The molecule has 0 radical (unpaired) electrons. The molecular formula is C14H17F3O3. The minimum atomic E-state index is -4.83. The fraction of sp³-hybridized carbons (Fsp3) is 0.500. The van der Waals surface area contributed by atoms with Crippen molar-refractivity contribution in [1.82, 2.24) is 0 Å². The van der Waals surface area contributed by atoms with Gasteiger partial charge in [-0.1, -0.05) is 19.1 Å². The molecule has 0 aliphatic rings. The molecule has 1 atom stereocenters. The lowest BCUT2D eigenvalue weighted by Gasteiger charge is -2.29. The third-order valence-electron chi connectivity index (χ3n) is 3.10. The Bertz CT molecular complexity index is 493. The van der Waals surface area contributed by atoms with E-state index in [0.717, 1.165) is 0 Å². The van der Waals surface area contributed by atoms with Crippen molar-refractivity contribution in [2.45, 2.75) is 39.0 Å². The summed E-state index contributed by atoms with van der Waals surface area (Å²) in [5.41, 5.74) is -3.14. The van der Waals surface area contributed by atoms with Crippen LogP contribution in [0.25, 0.3) is 0 Å². The number of ether oxygens (including phenoxy) is 1. The zero-order valence-corrected chi connectivity index (χ0v) is 11.5. The number of carbonyl (C=O) groups excluding carboxylic acids is 1. The maximum Gasteiger partial charge on any atom is 0.421 e. The normalized spacial score (nSPS) is 14.8. The van der Waals surface area contributed by atoms with Crippen molar-refractivity contribution >= 4 is 5.97 Å². The van der Waals surface area contributed by atoms with Crippen LogP contribution in [0, 0.1) is 0 Å². The SMILES string of the molecule is CCOC(=O)c1cccc(C(C)(O)C(F)(F)F)c1CC. The highest BCUT2D eigenvalue weighted by Crippen LogP contribution is 2.40. The Morgan fingerprint density at radius 1 is 1.30 bits per heavy atom. The highest BCUT2D eigenvalue weighted by atomic mass is 19.4. The molecule has 0 spiro atoms. The molecule has 0 saturated carbocycles. The zero-order valence-electron chi connectivity index (χ0n) is 11.5. The van der Waals surface area contributed by atoms with Crippen LogP contribution in [0.1, 0.15) is 42.3 Å². The van der Waals surface area contributed by atoms with E-state index in [2.05, 4.69) is 0 Å². The van der Waals surface area contributed by atoms with E-state index in [1.54, 1.807) is 13.8 Å². The number of halogens is 3. The molecule has 1 rings (SSSR count). The molecule has 20 heavy (non-hydrogen) atoms. The van der Waals surface area contributed by atoms with Crippen molar-refractivity contribution in [1.29, 1.82) is 0 Å². The van der Waals surface area contributed by atoms with E-state index in [9.17, 15) is 23.1 Å². The Hall–Kier alpha value is -1.56. The minimum absolute atomic E-state index is 0.0522. The summed E-state index contributed by atoms with van der Waals surface area (Å²) in [6, 6.07) is 3.88. The van der Waals surface area contributed by atoms with Gasteiger partial charge in [0.2, 0.25) is 0 Å². The largest absolute Gasteiger partial charge is 0.462 e. The Balaban J connectivity index is 3.43. The van der Waals surface area contributed by atoms with Gasteiger partial charge in [-0.3, -0.25) is 0 Å². The van der Waals surface area contributed by atoms with Crippen molar-refractivity contribution in [3.8, 4) is 0 Å². The number of esters is 1. The van der Waals surface area contributed by atoms with Gasteiger partial charge in [-0.2, -0.15) is 13.2 Å². The highest BCUT2D eigenvalue weighted by molar-refractivity contribution is 5.91. The molecular weight excluding hydrogens is 273 g/mol. The Kier molecular flexibility index (Phi) is 4.81. The third-order valence-corrected chi connectivity index (χ3v) is 3.10. The third kappa shape index (κ3) is 2.95. The molecule has 0 amide bonds. The molecule has 0 bridgehead atoms. The maximum absolute atomic E-state index is 13.0. The van der Waals surface area contributed by atoms with Gasteiger partial charge in [0.15, 0.2) is 5.60 Å². The highest BCUT2D eigenvalue weighted by Gasteiger charge is 2.52. The first kappa shape index (κ1) is 16.5. The summed E-state index contributed by atoms with van der Waals surface area (Å²) in [6.07, 6.45) is -4.65. The molecule has 6 heteroatoms. The number of alkyl halides is 3. The first-order valence-electron chi connectivity index (χ1n) is 6.25. The number of aliphatic hydroxyl groups is 1. The van der Waals surface area contributed by atoms with Crippen LogP contribution in [0.3, 0.4) is 0 Å². The van der Waals surface area contributed by atoms with Gasteiger partial charge in [-0.05, 0) is 37.5 Å². The molecule has 1 aromatic rings. The van der Waals surface area contributed by atoms with Crippen LogP contribution >= 0.6 is 0 Å². The topological polar surface area (TPSA) is 46.5 Å². The lowest BCUT2D eigenvalue weighted by atomic mass is 9.87. The van der Waals surface area contributed by atoms with Gasteiger partial charge in [0.25, 0.3) is 0 Å². The van der Waals surface area contributed by atoms with Gasteiger partial charge < -0.3 is 9.84 Å². The summed E-state index contributed by atoms with van der Waals surface area (Å²) in [4.78, 5) is 11.8. The Morgan fingerprint density at radius 3 is 2.35 bits per heavy atom. The van der Waals surface area contributed by atoms with Gasteiger partial charge in [0, 0.05) is 0 Å². The van der Waals surface area contributed by atoms with E-state index in [4.69, 9.17) is 4.74 Å². The van der Waals surface area contributed by atoms with E-state index in [0.29, 0.717) is 6.92 Å². The van der Waals surface area contributed by atoms with Crippen LogP contribution in [0.4, 0.5) is 13.2 Å². The summed E-state index contributed by atoms with van der Waals surface area (Å²) < 4.78 is 43.7. The lowest BCUT2D eigenvalue weighted by Crippen LogP contribution is -2.40. The van der Waals surface area contributed by atoms with Gasteiger partial charge >= 0.3 is 12.1 Å². The number of benzene rings is 1. The smallest absolute Gasteiger partial charge is 0.421 e. The van der Waals surface area contributed by atoms with E-state index < -0.39 is 17.7 Å². The van der Waals surface area contributed by atoms with Crippen molar-refractivity contribution in [3.05, 3.63) is 34.9 Å². The van der Waals surface area contributed by atoms with Crippen molar-refractivity contribution < 1.29 is 27.8 Å². The second-order valence-corrected chi connectivity index (χ2v) is 4.48. The molecule has 1 N–H and O–H groups in total. The molecule has 0 heterocycles. The van der Waals surface area contributed by atoms with Crippen molar-refractivity contribution in [2.75, 3.05) is 6.61 Å². The molecule has 112 valence electrons. The standard InChI is InChI=1S/C14H17F3O3/c1-4-9-10(12(18)20-5-2)7-6-8-11(9)13(3,19)14(15,16)17/h6-8,19H,4-5H2,1-3H3. The molecule has 1 aromatic carbocycles. The van der Waals surface area contributed by atoms with Gasteiger partial charge in [-0.15, -0.1) is 0 Å². The predicted octanol–water partition coefficient (Wildman–Crippen LogP) is 3.20. The van der Waals surface area contributed by atoms with Gasteiger partial charge in [0.1, 0.15) is 0 Å². The van der Waals surface area contributed by atoms with Gasteiger partial charge in [0.05, 0.1) is 12.2 Å². The number of hydrogen-bond acceptors (Lipinski definition) is 3. The average molecular weight is 290 g/mol. The monoisotopic (exact) mass is 290 g/mol. The second kappa shape index (κ2) is 5.83. The summed E-state index contributed by atoms with van der Waals surface area (Å²) in [6.45, 7) is 4.03. The summed E-state index contributed by atoms with van der Waals surface area (Å²) in [7, 11) is 0. The first-order chi connectivity index (χ1) is 9.16. The van der Waals surface area contributed by atoms with Gasteiger partial charge in [-0.25, -0.2) is 4.79 Å². The van der Waals surface area contributed by atoms with E-state index in [1.165, 1.54) is 18.2 Å². The molecule has 0 saturated heterocycles. The predicted molar refractivity (Wildman–Crippen MR) is 67.4 cm³/mol. The average Bonchev–Trinajstić information content (AvgIpc) is 2.36. The maximum atomic E-state index is 13.0. The molecule has 0 aliphatic carbocycles. The number of hydrogen-bond donors (Lipinski definition) is 1. The minimum Gasteiger partial charge on any atom is -0.462 e. The van der Waals surface area contributed by atoms with Crippen LogP contribution in [0.5, 0.6) is 0 Å². The molecule has 1 unspecified atom stereocenters. The fourth-order valence-electron chi connectivity index (χ4n) is 1.98. The van der Waals surface area contributed by atoms with Crippen LogP contribution in [0.2, 0.25) is 0 Å². The number of rotatable bonds is 4. The molecule has 0 fully saturated rings. The Labute approximate surface area is 115 Å². The summed E-state index contributed by atoms with van der Waals surface area (Å²) >= 11 is 0. The molecule has 3 nitrogen and oxygen atoms in total. The quantitative estimate of drug-likeness (QED) is 0.866. The Morgan fingerprint density at radius 2 is 1.90 bits per heavy atom. The summed E-state index contributed by atoms with van der Waals surface area (Å²) in [5.74, 6) is -0.691. The van der Waals surface area contributed by atoms with Crippen molar-refractivity contribution in [3.63, 3.8) is 0 Å². The number of carbonyl (C=O) groups is 1. The van der Waals surface area contributed by atoms with Crippen LogP contribution in [0.15, 0.2) is 18.2 Å². The fourth-order valence-corrected chi connectivity index (χ4v) is 1.98. The van der Waals surface area contributed by atoms with Crippen LogP contribution in [-0.2, 0) is 16.8 Å². The van der Waals surface area contributed by atoms with E-state index >= 15 is 0 Å². The molecule has 0 aliphatic heterocycles.